The zero-order chi connectivity index (χ0) is 27.6. The highest BCUT2D eigenvalue weighted by Crippen LogP contribution is 2.49. The molecule has 0 unspecified atom stereocenters. The van der Waals surface area contributed by atoms with E-state index in [1.54, 1.807) is 19.2 Å². The molecule has 3 aromatic rings. The van der Waals surface area contributed by atoms with Crippen LogP contribution >= 0.6 is 0 Å². The van der Waals surface area contributed by atoms with Crippen LogP contribution in [0.4, 0.5) is 4.79 Å². The lowest BCUT2D eigenvalue weighted by Gasteiger charge is -2.51. The van der Waals surface area contributed by atoms with Gasteiger partial charge in [-0.25, -0.2) is 9.59 Å². The largest absolute Gasteiger partial charge is 0.497 e. The molecule has 1 heterocycles. The van der Waals surface area contributed by atoms with Crippen molar-refractivity contribution in [3.8, 4) is 5.75 Å². The van der Waals surface area contributed by atoms with Crippen LogP contribution in [0.3, 0.4) is 0 Å². The normalized spacial score (nSPS) is 23.0. The van der Waals surface area contributed by atoms with Crippen molar-refractivity contribution in [2.45, 2.75) is 49.9 Å². The summed E-state index contributed by atoms with van der Waals surface area (Å²) in [5.74, 6) is -0.191. The minimum absolute atomic E-state index is 0.0388. The summed E-state index contributed by atoms with van der Waals surface area (Å²) in [7, 11) is 5.92. The maximum absolute atomic E-state index is 14.0. The second-order valence-corrected chi connectivity index (χ2v) is 11.1. The summed E-state index contributed by atoms with van der Waals surface area (Å²) in [5.41, 5.74) is 2.77. The van der Waals surface area contributed by atoms with Gasteiger partial charge in [0.2, 0.25) is 0 Å². The molecule has 1 spiro atoms. The summed E-state index contributed by atoms with van der Waals surface area (Å²) in [6, 6.07) is 25.4. The Hall–Kier alpha value is -3.84. The number of ether oxygens (including phenoxy) is 1. The van der Waals surface area contributed by atoms with Crippen molar-refractivity contribution in [1.29, 1.82) is 0 Å². The van der Waals surface area contributed by atoms with Crippen LogP contribution in [0.5, 0.6) is 5.75 Å². The van der Waals surface area contributed by atoms with Gasteiger partial charge in [0.1, 0.15) is 5.75 Å². The molecule has 1 saturated heterocycles. The SMILES string of the molecule is COc1ccc(CN2CC3(CCC(c4ccccc4)(N(C)C)CC3)N(Cc3ccccc3C(=O)O)C2=O)cc1. The van der Waals surface area contributed by atoms with Gasteiger partial charge >= 0.3 is 12.0 Å². The van der Waals surface area contributed by atoms with E-state index >= 15 is 0 Å². The summed E-state index contributed by atoms with van der Waals surface area (Å²) in [5, 5.41) is 9.82. The quantitative estimate of drug-likeness (QED) is 0.413. The van der Waals surface area contributed by atoms with Gasteiger partial charge in [-0.3, -0.25) is 4.90 Å². The molecule has 1 N–H and O–H groups in total. The number of aromatic carboxylic acids is 1. The molecule has 2 fully saturated rings. The van der Waals surface area contributed by atoms with Crippen molar-refractivity contribution in [1.82, 2.24) is 14.7 Å². The van der Waals surface area contributed by atoms with E-state index < -0.39 is 5.97 Å². The highest BCUT2D eigenvalue weighted by Gasteiger charge is 2.54. The second-order valence-electron chi connectivity index (χ2n) is 11.1. The highest BCUT2D eigenvalue weighted by molar-refractivity contribution is 5.89. The predicted octanol–water partition coefficient (Wildman–Crippen LogP) is 5.60. The average Bonchev–Trinajstić information content (AvgIpc) is 3.20. The molecule has 1 aliphatic heterocycles. The van der Waals surface area contributed by atoms with Crippen LogP contribution in [0.2, 0.25) is 0 Å². The highest BCUT2D eigenvalue weighted by atomic mass is 16.5. The average molecular weight is 528 g/mol. The molecule has 3 aromatic carbocycles. The number of carboxylic acid groups (broad SMARTS) is 1. The molecule has 2 aliphatic rings. The smallest absolute Gasteiger partial charge is 0.336 e. The summed E-state index contributed by atoms with van der Waals surface area (Å²) in [6.07, 6.45) is 3.48. The molecule has 7 heteroatoms. The maximum Gasteiger partial charge on any atom is 0.336 e. The van der Waals surface area contributed by atoms with Gasteiger partial charge in [-0.1, -0.05) is 60.7 Å². The molecule has 0 radical (unpaired) electrons. The minimum Gasteiger partial charge on any atom is -0.497 e. The molecule has 204 valence electrons. The topological polar surface area (TPSA) is 73.3 Å². The number of methoxy groups -OCH3 is 1. The lowest BCUT2D eigenvalue weighted by molar-refractivity contribution is 0.0220. The molecule has 7 nitrogen and oxygen atoms in total. The third-order valence-corrected chi connectivity index (χ3v) is 8.84. The van der Waals surface area contributed by atoms with Crippen molar-refractivity contribution in [2.75, 3.05) is 27.7 Å². The Morgan fingerprint density at radius 3 is 2.15 bits per heavy atom. The first-order valence-electron chi connectivity index (χ1n) is 13.5. The molecule has 1 saturated carbocycles. The van der Waals surface area contributed by atoms with Gasteiger partial charge in [-0.05, 0) is 74.7 Å². The Labute approximate surface area is 230 Å². The number of nitrogens with zero attached hydrogens (tertiary/aromatic N) is 3. The number of benzene rings is 3. The Morgan fingerprint density at radius 2 is 1.54 bits per heavy atom. The van der Waals surface area contributed by atoms with Crippen molar-refractivity contribution < 1.29 is 19.4 Å². The first-order chi connectivity index (χ1) is 18.8. The Morgan fingerprint density at radius 1 is 0.897 bits per heavy atom. The van der Waals surface area contributed by atoms with Crippen LogP contribution in [0.15, 0.2) is 78.9 Å². The van der Waals surface area contributed by atoms with Crippen LogP contribution in [-0.2, 0) is 18.6 Å². The number of carbonyl (C=O) groups excluding carboxylic acids is 1. The third kappa shape index (κ3) is 4.99. The van der Waals surface area contributed by atoms with Gasteiger partial charge in [0, 0.05) is 25.2 Å². The minimum atomic E-state index is -0.972. The van der Waals surface area contributed by atoms with E-state index in [4.69, 9.17) is 4.74 Å². The molecule has 0 bridgehead atoms. The molecular weight excluding hydrogens is 490 g/mol. The van der Waals surface area contributed by atoms with E-state index in [9.17, 15) is 14.7 Å². The second kappa shape index (κ2) is 10.7. The summed E-state index contributed by atoms with van der Waals surface area (Å²) in [4.78, 5) is 32.2. The van der Waals surface area contributed by atoms with Crippen LogP contribution in [0, 0.1) is 0 Å². The van der Waals surface area contributed by atoms with E-state index in [-0.39, 0.29) is 29.2 Å². The maximum atomic E-state index is 14.0. The van der Waals surface area contributed by atoms with Crippen LogP contribution in [0.25, 0.3) is 0 Å². The van der Waals surface area contributed by atoms with Gasteiger partial charge in [0.05, 0.1) is 18.2 Å². The summed E-state index contributed by atoms with van der Waals surface area (Å²) in [6.45, 7) is 1.39. The van der Waals surface area contributed by atoms with Crippen molar-refractivity contribution in [2.24, 2.45) is 0 Å². The molecule has 0 atom stereocenters. The van der Waals surface area contributed by atoms with Gasteiger partial charge in [0.25, 0.3) is 0 Å². The standard InChI is InChI=1S/C32H37N3O4/c1-33(2)32(26-10-5-4-6-11-26)19-17-31(18-20-32)23-34(21-24-13-15-27(39-3)16-14-24)30(38)35(31)22-25-9-7-8-12-28(25)29(36)37/h4-16H,17-23H2,1-3H3,(H,36,37). The number of carbonyl (C=O) groups is 2. The van der Waals surface area contributed by atoms with Gasteiger partial charge in [0.15, 0.2) is 0 Å². The van der Waals surface area contributed by atoms with Crippen LogP contribution < -0.4 is 4.74 Å². The Bertz CT molecular complexity index is 1310. The molecule has 2 amide bonds. The molecule has 0 aromatic heterocycles. The van der Waals surface area contributed by atoms with E-state index in [2.05, 4.69) is 43.3 Å². The number of hydrogen-bond acceptors (Lipinski definition) is 4. The predicted molar refractivity (Wildman–Crippen MR) is 151 cm³/mol. The number of urea groups is 1. The fourth-order valence-corrected chi connectivity index (χ4v) is 6.53. The first-order valence-corrected chi connectivity index (χ1v) is 13.5. The van der Waals surface area contributed by atoms with Gasteiger partial charge in [-0.15, -0.1) is 0 Å². The van der Waals surface area contributed by atoms with Crippen LogP contribution in [-0.4, -0.2) is 65.1 Å². The third-order valence-electron chi connectivity index (χ3n) is 8.84. The molecule has 39 heavy (non-hydrogen) atoms. The molecule has 5 rings (SSSR count). The van der Waals surface area contributed by atoms with E-state index in [0.29, 0.717) is 18.7 Å². The zero-order valence-corrected chi connectivity index (χ0v) is 23.0. The fourth-order valence-electron chi connectivity index (χ4n) is 6.53. The van der Waals surface area contributed by atoms with Crippen molar-refractivity contribution in [3.63, 3.8) is 0 Å². The first kappa shape index (κ1) is 26.8. The lowest BCUT2D eigenvalue weighted by atomic mass is 9.68. The van der Waals surface area contributed by atoms with Crippen molar-refractivity contribution >= 4 is 12.0 Å². The number of rotatable bonds is 8. The molecule has 1 aliphatic carbocycles. The Kier molecular flexibility index (Phi) is 7.36. The van der Waals surface area contributed by atoms with Crippen LogP contribution in [0.1, 0.15) is 52.7 Å². The zero-order valence-electron chi connectivity index (χ0n) is 23.0. The van der Waals surface area contributed by atoms with Gasteiger partial charge < -0.3 is 19.6 Å². The Balaban J connectivity index is 1.47. The summed E-state index contributed by atoms with van der Waals surface area (Å²) >= 11 is 0. The van der Waals surface area contributed by atoms with Gasteiger partial charge in [-0.2, -0.15) is 0 Å². The fraction of sp³-hybridized carbons (Fsp3) is 0.375. The summed E-state index contributed by atoms with van der Waals surface area (Å²) < 4.78 is 5.30. The number of hydrogen-bond donors (Lipinski definition) is 1. The number of carboxylic acids is 1. The van der Waals surface area contributed by atoms with Crippen molar-refractivity contribution in [3.05, 3.63) is 101 Å². The lowest BCUT2D eigenvalue weighted by Crippen LogP contribution is -2.55. The van der Waals surface area contributed by atoms with E-state index in [0.717, 1.165) is 37.0 Å². The monoisotopic (exact) mass is 527 g/mol. The molecular formula is C32H37N3O4. The van der Waals surface area contributed by atoms with E-state index in [1.807, 2.05) is 52.3 Å². The van der Waals surface area contributed by atoms with E-state index in [1.165, 1.54) is 5.56 Å². The number of amides is 2.